The number of hydrogen-bond acceptors (Lipinski definition) is 5. The van der Waals surface area contributed by atoms with Gasteiger partial charge >= 0.3 is 5.97 Å². The van der Waals surface area contributed by atoms with Crippen LogP contribution < -0.4 is 5.32 Å². The van der Waals surface area contributed by atoms with Gasteiger partial charge in [0.15, 0.2) is 0 Å². The highest BCUT2D eigenvalue weighted by Crippen LogP contribution is 2.29. The molecule has 1 atom stereocenters. The van der Waals surface area contributed by atoms with Crippen molar-refractivity contribution in [3.63, 3.8) is 0 Å². The van der Waals surface area contributed by atoms with Gasteiger partial charge in [0.05, 0.1) is 19.1 Å². The van der Waals surface area contributed by atoms with Crippen LogP contribution in [-0.4, -0.2) is 49.0 Å². The predicted octanol–water partition coefficient (Wildman–Crippen LogP) is 0.0729. The fraction of sp³-hybridized carbons (Fsp3) is 0.846. The number of ether oxygens (including phenoxy) is 1. The van der Waals surface area contributed by atoms with Gasteiger partial charge in [-0.25, -0.2) is 0 Å². The van der Waals surface area contributed by atoms with Crippen LogP contribution in [0.15, 0.2) is 0 Å². The van der Waals surface area contributed by atoms with E-state index in [1.54, 1.807) is 13.8 Å². The molecule has 1 amide bonds. The molecule has 0 aliphatic heterocycles. The summed E-state index contributed by atoms with van der Waals surface area (Å²) in [6, 6.07) is 0. The van der Waals surface area contributed by atoms with E-state index in [2.05, 4.69) is 5.32 Å². The molecule has 19 heavy (non-hydrogen) atoms. The highest BCUT2D eigenvalue weighted by molar-refractivity contribution is 5.81. The van der Waals surface area contributed by atoms with Gasteiger partial charge in [-0.1, -0.05) is 0 Å². The minimum atomic E-state index is -0.759. The second-order valence-electron chi connectivity index (χ2n) is 5.16. The second kappa shape index (κ2) is 8.87. The Bertz CT molecular complexity index is 291. The first kappa shape index (κ1) is 17.9. The summed E-state index contributed by atoms with van der Waals surface area (Å²) in [6.45, 7) is 3.52. The number of aliphatic hydroxyl groups excluding tert-OH is 2. The molecular weight excluding hydrogens is 250 g/mol. The molecule has 0 aromatic rings. The van der Waals surface area contributed by atoms with Crippen LogP contribution in [0.2, 0.25) is 0 Å². The fourth-order valence-electron chi connectivity index (χ4n) is 1.96. The zero-order valence-corrected chi connectivity index (χ0v) is 11.9. The molecular formula is C13H25NO5. The van der Waals surface area contributed by atoms with Gasteiger partial charge < -0.3 is 20.3 Å². The molecule has 0 aliphatic rings. The molecule has 0 radical (unpaired) electrons. The average Bonchev–Trinajstić information content (AvgIpc) is 2.39. The summed E-state index contributed by atoms with van der Waals surface area (Å²) >= 11 is 0. The smallest absolute Gasteiger partial charge is 0.311 e. The highest BCUT2D eigenvalue weighted by atomic mass is 16.5. The Kier molecular flexibility index (Phi) is 8.34. The third-order valence-corrected chi connectivity index (χ3v) is 2.99. The molecule has 6 heteroatoms. The maximum atomic E-state index is 11.9. The molecule has 0 saturated carbocycles. The predicted molar refractivity (Wildman–Crippen MR) is 70.3 cm³/mol. The molecule has 0 bridgehead atoms. The van der Waals surface area contributed by atoms with Crippen LogP contribution in [0.1, 0.15) is 33.1 Å². The lowest BCUT2D eigenvalue weighted by Crippen LogP contribution is -2.37. The van der Waals surface area contributed by atoms with Crippen LogP contribution in [0, 0.1) is 11.3 Å². The number of esters is 1. The van der Waals surface area contributed by atoms with E-state index in [4.69, 9.17) is 14.9 Å². The minimum Gasteiger partial charge on any atom is -0.469 e. The number of aliphatic hydroxyl groups is 2. The van der Waals surface area contributed by atoms with Crippen molar-refractivity contribution in [2.24, 2.45) is 11.3 Å². The van der Waals surface area contributed by atoms with E-state index in [0.717, 1.165) is 0 Å². The maximum absolute atomic E-state index is 11.9. The van der Waals surface area contributed by atoms with E-state index >= 15 is 0 Å². The molecule has 0 spiro atoms. The van der Waals surface area contributed by atoms with Crippen LogP contribution in [0.5, 0.6) is 0 Å². The maximum Gasteiger partial charge on any atom is 0.311 e. The molecule has 0 heterocycles. The quantitative estimate of drug-likeness (QED) is 0.518. The lowest BCUT2D eigenvalue weighted by Gasteiger charge is -2.26. The Hall–Kier alpha value is -1.14. The molecule has 0 aliphatic carbocycles. The Labute approximate surface area is 114 Å². The van der Waals surface area contributed by atoms with Crippen molar-refractivity contribution in [1.29, 1.82) is 0 Å². The van der Waals surface area contributed by atoms with Gasteiger partial charge in [-0.15, -0.1) is 0 Å². The Morgan fingerprint density at radius 3 is 2.37 bits per heavy atom. The molecule has 0 aromatic carbocycles. The summed E-state index contributed by atoms with van der Waals surface area (Å²) in [5.74, 6) is -0.955. The van der Waals surface area contributed by atoms with Crippen molar-refractivity contribution >= 4 is 11.9 Å². The van der Waals surface area contributed by atoms with E-state index in [0.29, 0.717) is 19.3 Å². The average molecular weight is 275 g/mol. The first-order valence-electron chi connectivity index (χ1n) is 6.47. The van der Waals surface area contributed by atoms with E-state index in [9.17, 15) is 9.59 Å². The number of nitrogens with one attached hydrogen (secondary N) is 1. The minimum absolute atomic E-state index is 0.00241. The lowest BCUT2D eigenvalue weighted by molar-refractivity contribution is -0.152. The Morgan fingerprint density at radius 1 is 1.26 bits per heavy atom. The SMILES string of the molecule is COC(=O)C(C)(C)CC(CCCO)C(=O)NCCO. The van der Waals surface area contributed by atoms with Gasteiger partial charge in [0.25, 0.3) is 0 Å². The molecule has 6 nitrogen and oxygen atoms in total. The highest BCUT2D eigenvalue weighted by Gasteiger charge is 2.34. The van der Waals surface area contributed by atoms with Gasteiger partial charge in [0.1, 0.15) is 0 Å². The molecule has 0 fully saturated rings. The van der Waals surface area contributed by atoms with Gasteiger partial charge in [-0.3, -0.25) is 9.59 Å². The van der Waals surface area contributed by atoms with Crippen molar-refractivity contribution in [3.8, 4) is 0 Å². The first-order valence-corrected chi connectivity index (χ1v) is 6.47. The van der Waals surface area contributed by atoms with Gasteiger partial charge in [0, 0.05) is 19.1 Å². The summed E-state index contributed by atoms with van der Waals surface area (Å²) in [5, 5.41) is 20.2. The third-order valence-electron chi connectivity index (χ3n) is 2.99. The molecule has 112 valence electrons. The number of carbonyl (C=O) groups excluding carboxylic acids is 2. The van der Waals surface area contributed by atoms with E-state index in [1.165, 1.54) is 7.11 Å². The van der Waals surface area contributed by atoms with Crippen molar-refractivity contribution in [2.75, 3.05) is 26.9 Å². The first-order chi connectivity index (χ1) is 8.88. The van der Waals surface area contributed by atoms with Crippen LogP contribution >= 0.6 is 0 Å². The van der Waals surface area contributed by atoms with Crippen LogP contribution in [-0.2, 0) is 14.3 Å². The number of carbonyl (C=O) groups is 2. The zero-order valence-electron chi connectivity index (χ0n) is 11.9. The Balaban J connectivity index is 4.65. The van der Waals surface area contributed by atoms with E-state index in [-0.39, 0.29) is 37.6 Å². The van der Waals surface area contributed by atoms with Gasteiger partial charge in [-0.05, 0) is 33.1 Å². The van der Waals surface area contributed by atoms with Crippen molar-refractivity contribution < 1.29 is 24.5 Å². The summed E-state index contributed by atoms with van der Waals surface area (Å²) in [5.41, 5.74) is -0.759. The topological polar surface area (TPSA) is 95.9 Å². The number of rotatable bonds is 9. The largest absolute Gasteiger partial charge is 0.469 e. The van der Waals surface area contributed by atoms with Crippen molar-refractivity contribution in [3.05, 3.63) is 0 Å². The second-order valence-corrected chi connectivity index (χ2v) is 5.16. The molecule has 3 N–H and O–H groups in total. The van der Waals surface area contributed by atoms with Crippen LogP contribution in [0.25, 0.3) is 0 Å². The fourth-order valence-corrected chi connectivity index (χ4v) is 1.96. The van der Waals surface area contributed by atoms with E-state index < -0.39 is 5.41 Å². The molecule has 0 saturated heterocycles. The van der Waals surface area contributed by atoms with Crippen molar-refractivity contribution in [2.45, 2.75) is 33.1 Å². The normalized spacial score (nSPS) is 12.9. The summed E-state index contributed by atoms with van der Waals surface area (Å²) in [7, 11) is 1.32. The van der Waals surface area contributed by atoms with Gasteiger partial charge in [0.2, 0.25) is 5.91 Å². The molecule has 0 rings (SSSR count). The monoisotopic (exact) mass is 275 g/mol. The number of hydrogen-bond donors (Lipinski definition) is 3. The number of amides is 1. The van der Waals surface area contributed by atoms with Crippen LogP contribution in [0.4, 0.5) is 0 Å². The molecule has 1 unspecified atom stereocenters. The summed E-state index contributed by atoms with van der Waals surface area (Å²) in [4.78, 5) is 23.6. The third kappa shape index (κ3) is 6.54. The van der Waals surface area contributed by atoms with Crippen LogP contribution in [0.3, 0.4) is 0 Å². The summed E-state index contributed by atoms with van der Waals surface area (Å²) < 4.78 is 4.72. The zero-order chi connectivity index (χ0) is 14.9. The van der Waals surface area contributed by atoms with Crippen molar-refractivity contribution in [1.82, 2.24) is 5.32 Å². The van der Waals surface area contributed by atoms with Gasteiger partial charge in [-0.2, -0.15) is 0 Å². The lowest BCUT2D eigenvalue weighted by atomic mass is 9.80. The molecule has 0 aromatic heterocycles. The van der Waals surface area contributed by atoms with E-state index in [1.807, 2.05) is 0 Å². The Morgan fingerprint density at radius 2 is 1.89 bits per heavy atom. The standard InChI is InChI=1S/C13H25NO5/c1-13(2,12(18)19-3)9-10(5-4-7-15)11(17)14-6-8-16/h10,15-16H,4-9H2,1-3H3,(H,14,17). The number of methoxy groups -OCH3 is 1. The summed E-state index contributed by atoms with van der Waals surface area (Å²) in [6.07, 6.45) is 1.33.